The number of nitrogens with zero attached hydrogens (tertiary/aromatic N) is 1. The highest BCUT2D eigenvalue weighted by molar-refractivity contribution is 5.89. The van der Waals surface area contributed by atoms with E-state index in [2.05, 4.69) is 10.2 Å². The first-order chi connectivity index (χ1) is 9.31. The summed E-state index contributed by atoms with van der Waals surface area (Å²) in [6, 6.07) is 9.71. The SMILES string of the molecule is NOCCC1CCCCN1C(=O)Nc1ccccc1. The van der Waals surface area contributed by atoms with Crippen molar-refractivity contribution in [3.63, 3.8) is 0 Å². The van der Waals surface area contributed by atoms with E-state index in [-0.39, 0.29) is 12.1 Å². The summed E-state index contributed by atoms with van der Waals surface area (Å²) in [5.74, 6) is 5.07. The molecule has 0 radical (unpaired) electrons. The van der Waals surface area contributed by atoms with Gasteiger partial charge in [0.15, 0.2) is 0 Å². The summed E-state index contributed by atoms with van der Waals surface area (Å²) in [6.45, 7) is 1.29. The lowest BCUT2D eigenvalue weighted by Gasteiger charge is -2.35. The fourth-order valence-electron chi connectivity index (χ4n) is 2.49. The van der Waals surface area contributed by atoms with Crippen molar-refractivity contribution in [3.05, 3.63) is 30.3 Å². The molecule has 5 heteroatoms. The minimum atomic E-state index is -0.0343. The van der Waals surface area contributed by atoms with E-state index in [1.807, 2.05) is 35.2 Å². The molecule has 1 fully saturated rings. The standard InChI is InChI=1S/C14H21N3O2/c15-19-11-9-13-8-4-5-10-17(13)14(18)16-12-6-2-1-3-7-12/h1-3,6-7,13H,4-5,8-11,15H2,(H,16,18). The highest BCUT2D eigenvalue weighted by Gasteiger charge is 2.26. The van der Waals surface area contributed by atoms with E-state index in [4.69, 9.17) is 5.90 Å². The zero-order chi connectivity index (χ0) is 13.5. The van der Waals surface area contributed by atoms with Crippen LogP contribution in [0.3, 0.4) is 0 Å². The number of benzene rings is 1. The molecule has 2 rings (SSSR count). The predicted octanol–water partition coefficient (Wildman–Crippen LogP) is 2.35. The Kier molecular flexibility index (Phi) is 5.18. The van der Waals surface area contributed by atoms with E-state index < -0.39 is 0 Å². The maximum absolute atomic E-state index is 12.3. The van der Waals surface area contributed by atoms with E-state index >= 15 is 0 Å². The smallest absolute Gasteiger partial charge is 0.321 e. The average molecular weight is 263 g/mol. The monoisotopic (exact) mass is 263 g/mol. The molecular formula is C14H21N3O2. The van der Waals surface area contributed by atoms with Gasteiger partial charge in [-0.05, 0) is 37.8 Å². The Morgan fingerprint density at radius 1 is 1.37 bits per heavy atom. The van der Waals surface area contributed by atoms with Gasteiger partial charge < -0.3 is 15.1 Å². The van der Waals surface area contributed by atoms with Crippen molar-refractivity contribution in [3.8, 4) is 0 Å². The van der Waals surface area contributed by atoms with Crippen molar-refractivity contribution < 1.29 is 9.63 Å². The molecular weight excluding hydrogens is 242 g/mol. The Bertz CT molecular complexity index is 397. The molecule has 1 saturated heterocycles. The number of para-hydroxylation sites is 1. The first kappa shape index (κ1) is 13.8. The minimum Gasteiger partial charge on any atom is -0.321 e. The summed E-state index contributed by atoms with van der Waals surface area (Å²) in [7, 11) is 0. The van der Waals surface area contributed by atoms with E-state index in [1.54, 1.807) is 0 Å². The van der Waals surface area contributed by atoms with Gasteiger partial charge in [0, 0.05) is 18.3 Å². The van der Waals surface area contributed by atoms with Gasteiger partial charge in [0.25, 0.3) is 0 Å². The summed E-state index contributed by atoms with van der Waals surface area (Å²) >= 11 is 0. The van der Waals surface area contributed by atoms with E-state index in [1.165, 1.54) is 0 Å². The highest BCUT2D eigenvalue weighted by atomic mass is 16.6. The van der Waals surface area contributed by atoms with E-state index in [0.29, 0.717) is 6.61 Å². The maximum atomic E-state index is 12.3. The Balaban J connectivity index is 1.95. The molecule has 1 aliphatic heterocycles. The van der Waals surface area contributed by atoms with Gasteiger partial charge in [-0.1, -0.05) is 18.2 Å². The molecule has 1 heterocycles. The summed E-state index contributed by atoms with van der Waals surface area (Å²) < 4.78 is 0. The van der Waals surface area contributed by atoms with Gasteiger partial charge >= 0.3 is 6.03 Å². The summed E-state index contributed by atoms with van der Waals surface area (Å²) in [4.78, 5) is 18.8. The van der Waals surface area contributed by atoms with E-state index in [0.717, 1.165) is 37.9 Å². The summed E-state index contributed by atoms with van der Waals surface area (Å²) in [5, 5.41) is 2.93. The number of anilines is 1. The number of hydrogen-bond acceptors (Lipinski definition) is 3. The number of rotatable bonds is 4. The molecule has 0 bridgehead atoms. The molecule has 0 aromatic heterocycles. The zero-order valence-electron chi connectivity index (χ0n) is 11.0. The minimum absolute atomic E-state index is 0.0343. The normalized spacial score (nSPS) is 19.2. The Morgan fingerprint density at radius 2 is 2.16 bits per heavy atom. The molecule has 104 valence electrons. The van der Waals surface area contributed by atoms with Crippen molar-refractivity contribution in [2.75, 3.05) is 18.5 Å². The molecule has 0 saturated carbocycles. The molecule has 0 aliphatic carbocycles. The van der Waals surface area contributed by atoms with Crippen LogP contribution >= 0.6 is 0 Å². The largest absolute Gasteiger partial charge is 0.322 e. The average Bonchev–Trinajstić information content (AvgIpc) is 2.46. The lowest BCUT2D eigenvalue weighted by Crippen LogP contribution is -2.46. The van der Waals surface area contributed by atoms with Crippen LogP contribution < -0.4 is 11.2 Å². The number of nitrogens with one attached hydrogen (secondary N) is 1. The van der Waals surface area contributed by atoms with Crippen LogP contribution in [0.5, 0.6) is 0 Å². The van der Waals surface area contributed by atoms with Crippen LogP contribution in [0.4, 0.5) is 10.5 Å². The van der Waals surface area contributed by atoms with Gasteiger partial charge in [0.05, 0.1) is 6.61 Å². The van der Waals surface area contributed by atoms with Gasteiger partial charge in [-0.3, -0.25) is 0 Å². The maximum Gasteiger partial charge on any atom is 0.322 e. The number of hydrogen-bond donors (Lipinski definition) is 2. The van der Waals surface area contributed by atoms with Gasteiger partial charge in [0.1, 0.15) is 0 Å². The molecule has 0 spiro atoms. The number of urea groups is 1. The van der Waals surface area contributed by atoms with Crippen molar-refractivity contribution in [1.29, 1.82) is 0 Å². The fourth-order valence-corrected chi connectivity index (χ4v) is 2.49. The second kappa shape index (κ2) is 7.11. The predicted molar refractivity (Wildman–Crippen MR) is 74.6 cm³/mol. The number of likely N-dealkylation sites (tertiary alicyclic amines) is 1. The van der Waals surface area contributed by atoms with Gasteiger partial charge in [-0.25, -0.2) is 10.7 Å². The van der Waals surface area contributed by atoms with Crippen LogP contribution in [-0.2, 0) is 4.84 Å². The first-order valence-electron chi connectivity index (χ1n) is 6.75. The quantitative estimate of drug-likeness (QED) is 0.819. The second-order valence-corrected chi connectivity index (χ2v) is 4.80. The van der Waals surface area contributed by atoms with Crippen LogP contribution in [0.15, 0.2) is 30.3 Å². The van der Waals surface area contributed by atoms with Crippen molar-refractivity contribution in [2.45, 2.75) is 31.7 Å². The number of carbonyl (C=O) groups excluding carboxylic acids is 1. The van der Waals surface area contributed by atoms with Crippen molar-refractivity contribution in [1.82, 2.24) is 4.90 Å². The Hall–Kier alpha value is -1.59. The third-order valence-electron chi connectivity index (χ3n) is 3.48. The summed E-state index contributed by atoms with van der Waals surface area (Å²) in [5.41, 5.74) is 0.826. The van der Waals surface area contributed by atoms with Gasteiger partial charge in [0.2, 0.25) is 0 Å². The molecule has 1 atom stereocenters. The molecule has 3 N–H and O–H groups in total. The van der Waals surface area contributed by atoms with Gasteiger partial charge in [-0.15, -0.1) is 0 Å². The number of amides is 2. The number of carbonyl (C=O) groups is 1. The zero-order valence-corrected chi connectivity index (χ0v) is 11.0. The molecule has 19 heavy (non-hydrogen) atoms. The van der Waals surface area contributed by atoms with Crippen LogP contribution in [0.2, 0.25) is 0 Å². The summed E-state index contributed by atoms with van der Waals surface area (Å²) in [6.07, 6.45) is 4.02. The molecule has 1 unspecified atom stereocenters. The van der Waals surface area contributed by atoms with Crippen molar-refractivity contribution >= 4 is 11.7 Å². The topological polar surface area (TPSA) is 67.6 Å². The van der Waals surface area contributed by atoms with Crippen LogP contribution in [0.1, 0.15) is 25.7 Å². The van der Waals surface area contributed by atoms with Gasteiger partial charge in [-0.2, -0.15) is 0 Å². The highest BCUT2D eigenvalue weighted by Crippen LogP contribution is 2.20. The molecule has 1 aromatic rings. The van der Waals surface area contributed by atoms with E-state index in [9.17, 15) is 4.79 Å². The third-order valence-corrected chi connectivity index (χ3v) is 3.48. The molecule has 1 aliphatic rings. The lowest BCUT2D eigenvalue weighted by molar-refractivity contribution is 0.0960. The molecule has 2 amide bonds. The molecule has 1 aromatic carbocycles. The second-order valence-electron chi connectivity index (χ2n) is 4.80. The first-order valence-corrected chi connectivity index (χ1v) is 6.75. The number of nitrogens with two attached hydrogens (primary N) is 1. The Morgan fingerprint density at radius 3 is 2.89 bits per heavy atom. The van der Waals surface area contributed by atoms with Crippen LogP contribution in [0.25, 0.3) is 0 Å². The Labute approximate surface area is 113 Å². The fraction of sp³-hybridized carbons (Fsp3) is 0.500. The number of piperidine rings is 1. The lowest BCUT2D eigenvalue weighted by atomic mass is 10.0. The van der Waals surface area contributed by atoms with Crippen LogP contribution in [0, 0.1) is 0 Å². The third kappa shape index (κ3) is 3.94. The molecule has 5 nitrogen and oxygen atoms in total. The van der Waals surface area contributed by atoms with Crippen molar-refractivity contribution in [2.24, 2.45) is 5.90 Å². The van der Waals surface area contributed by atoms with Crippen LogP contribution in [-0.4, -0.2) is 30.1 Å².